The van der Waals surface area contributed by atoms with Crippen LogP contribution in [-0.4, -0.2) is 61.7 Å². The quantitative estimate of drug-likeness (QED) is 0.433. The van der Waals surface area contributed by atoms with Gasteiger partial charge in [-0.05, 0) is 55.3 Å². The molecule has 0 saturated carbocycles. The van der Waals surface area contributed by atoms with Gasteiger partial charge >= 0.3 is 0 Å². The molecule has 1 atom stereocenters. The second-order valence-corrected chi connectivity index (χ2v) is 11.4. The first-order valence-electron chi connectivity index (χ1n) is 12.9. The molecule has 3 aromatic rings. The van der Waals surface area contributed by atoms with Crippen molar-refractivity contribution in [1.29, 1.82) is 0 Å². The number of hydrogen-bond donors (Lipinski definition) is 2. The first-order chi connectivity index (χ1) is 18.3. The van der Waals surface area contributed by atoms with E-state index in [9.17, 15) is 18.0 Å². The van der Waals surface area contributed by atoms with Crippen molar-refractivity contribution in [2.45, 2.75) is 37.8 Å². The van der Waals surface area contributed by atoms with Crippen molar-refractivity contribution < 1.29 is 18.0 Å². The minimum atomic E-state index is -3.50. The van der Waals surface area contributed by atoms with Gasteiger partial charge in [0.1, 0.15) is 0 Å². The van der Waals surface area contributed by atoms with E-state index in [1.165, 1.54) is 4.31 Å². The van der Waals surface area contributed by atoms with Gasteiger partial charge in [-0.1, -0.05) is 49.4 Å². The van der Waals surface area contributed by atoms with Crippen LogP contribution in [0.3, 0.4) is 0 Å². The maximum Gasteiger partial charge on any atom is 0.255 e. The summed E-state index contributed by atoms with van der Waals surface area (Å²) in [5, 5.41) is 5.82. The summed E-state index contributed by atoms with van der Waals surface area (Å²) in [7, 11) is -3.50. The predicted molar refractivity (Wildman–Crippen MR) is 149 cm³/mol. The van der Waals surface area contributed by atoms with E-state index in [2.05, 4.69) is 15.5 Å². The van der Waals surface area contributed by atoms with Crippen molar-refractivity contribution >= 4 is 27.5 Å². The van der Waals surface area contributed by atoms with E-state index in [0.29, 0.717) is 54.4 Å². The van der Waals surface area contributed by atoms with Gasteiger partial charge in [-0.2, -0.15) is 4.31 Å². The molecular weight excluding hydrogens is 500 g/mol. The molecule has 1 saturated heterocycles. The summed E-state index contributed by atoms with van der Waals surface area (Å²) < 4.78 is 27.3. The van der Waals surface area contributed by atoms with Crippen molar-refractivity contribution in [1.82, 2.24) is 14.5 Å². The third-order valence-electron chi connectivity index (χ3n) is 6.72. The summed E-state index contributed by atoms with van der Waals surface area (Å²) in [6.45, 7) is 6.56. The van der Waals surface area contributed by atoms with E-state index >= 15 is 0 Å². The predicted octanol–water partition coefficient (Wildman–Crippen LogP) is 3.97. The van der Waals surface area contributed by atoms with Crippen LogP contribution >= 0.6 is 0 Å². The zero-order valence-electron chi connectivity index (χ0n) is 21.8. The molecule has 200 valence electrons. The van der Waals surface area contributed by atoms with Crippen LogP contribution < -0.4 is 10.6 Å². The summed E-state index contributed by atoms with van der Waals surface area (Å²) in [5.74, 6) is -0.521. The van der Waals surface area contributed by atoms with Gasteiger partial charge in [0.05, 0.1) is 16.1 Å². The molecule has 4 rings (SSSR count). The molecule has 2 N–H and O–H groups in total. The fourth-order valence-corrected chi connectivity index (χ4v) is 5.77. The lowest BCUT2D eigenvalue weighted by Crippen LogP contribution is -2.48. The normalized spacial score (nSPS) is 15.5. The smallest absolute Gasteiger partial charge is 0.255 e. The average molecular weight is 535 g/mol. The number of anilines is 1. The summed E-state index contributed by atoms with van der Waals surface area (Å²) in [4.78, 5) is 28.2. The highest BCUT2D eigenvalue weighted by atomic mass is 32.2. The van der Waals surface area contributed by atoms with Gasteiger partial charge in [-0.15, -0.1) is 0 Å². The molecule has 9 heteroatoms. The first-order valence-corrected chi connectivity index (χ1v) is 14.3. The molecule has 1 aliphatic rings. The van der Waals surface area contributed by atoms with Crippen molar-refractivity contribution in [3.63, 3.8) is 0 Å². The molecule has 1 heterocycles. The van der Waals surface area contributed by atoms with Gasteiger partial charge in [0.2, 0.25) is 10.0 Å². The highest BCUT2D eigenvalue weighted by molar-refractivity contribution is 7.89. The van der Waals surface area contributed by atoms with Gasteiger partial charge in [-0.3, -0.25) is 14.5 Å². The van der Waals surface area contributed by atoms with Crippen LogP contribution in [-0.2, 0) is 16.6 Å². The molecule has 2 amide bonds. The molecule has 8 nitrogen and oxygen atoms in total. The fraction of sp³-hybridized carbons (Fsp3) is 0.310. The number of nitrogens with zero attached hydrogens (tertiary/aromatic N) is 2. The van der Waals surface area contributed by atoms with Crippen molar-refractivity contribution in [3.8, 4) is 0 Å². The van der Waals surface area contributed by atoms with Crippen LogP contribution in [0.2, 0.25) is 0 Å². The van der Waals surface area contributed by atoms with Crippen LogP contribution in [0.4, 0.5) is 5.69 Å². The molecule has 0 spiro atoms. The number of para-hydroxylation sites is 1. The second kappa shape index (κ2) is 12.3. The number of amides is 2. The van der Waals surface area contributed by atoms with E-state index in [1.807, 2.05) is 32.0 Å². The Morgan fingerprint density at radius 2 is 1.55 bits per heavy atom. The third kappa shape index (κ3) is 6.66. The average Bonchev–Trinajstić information content (AvgIpc) is 2.94. The maximum absolute atomic E-state index is 13.1. The van der Waals surface area contributed by atoms with Crippen LogP contribution in [0.15, 0.2) is 83.8 Å². The van der Waals surface area contributed by atoms with Gasteiger partial charge < -0.3 is 10.6 Å². The number of sulfonamides is 1. The molecular formula is C29H34N4O4S. The Labute approximate surface area is 224 Å². The molecule has 3 aromatic carbocycles. The van der Waals surface area contributed by atoms with Gasteiger partial charge in [0.15, 0.2) is 0 Å². The first kappa shape index (κ1) is 27.5. The van der Waals surface area contributed by atoms with Gasteiger partial charge in [-0.25, -0.2) is 8.42 Å². The van der Waals surface area contributed by atoms with Crippen molar-refractivity contribution in [2.24, 2.45) is 0 Å². The van der Waals surface area contributed by atoms with Crippen molar-refractivity contribution in [3.05, 3.63) is 95.6 Å². The molecule has 0 aromatic heterocycles. The summed E-state index contributed by atoms with van der Waals surface area (Å²) >= 11 is 0. The Kier molecular flexibility index (Phi) is 8.93. The molecule has 0 aliphatic carbocycles. The van der Waals surface area contributed by atoms with Gasteiger partial charge in [0, 0.05) is 44.3 Å². The van der Waals surface area contributed by atoms with E-state index in [1.54, 1.807) is 60.7 Å². The third-order valence-corrected chi connectivity index (χ3v) is 8.63. The number of piperazine rings is 1. The van der Waals surface area contributed by atoms with Crippen LogP contribution in [0.5, 0.6) is 0 Å². The molecule has 1 aliphatic heterocycles. The minimum Gasteiger partial charge on any atom is -0.350 e. The van der Waals surface area contributed by atoms with Crippen molar-refractivity contribution in [2.75, 3.05) is 31.5 Å². The lowest BCUT2D eigenvalue weighted by atomic mass is 10.1. The number of nitrogens with one attached hydrogen (secondary N) is 2. The van der Waals surface area contributed by atoms with Crippen LogP contribution in [0, 0.1) is 0 Å². The number of carbonyl (C=O) groups excluding carboxylic acids is 2. The standard InChI is InChI=1S/C29H34N4O4S/c1-3-22(2)30-29(35)26-14-7-8-15-27(26)31-28(34)24-11-9-10-23(20-24)21-32-16-18-33(19-17-32)38(36,37)25-12-5-4-6-13-25/h4-15,20,22H,3,16-19,21H2,1-2H3,(H,30,35)(H,31,34). The number of hydrogen-bond acceptors (Lipinski definition) is 5. The Morgan fingerprint density at radius 3 is 2.26 bits per heavy atom. The monoisotopic (exact) mass is 534 g/mol. The molecule has 1 fully saturated rings. The highest BCUT2D eigenvalue weighted by Crippen LogP contribution is 2.20. The molecule has 0 bridgehead atoms. The van der Waals surface area contributed by atoms with E-state index in [4.69, 9.17) is 0 Å². The zero-order chi connectivity index (χ0) is 27.1. The molecule has 1 unspecified atom stereocenters. The number of rotatable bonds is 9. The lowest BCUT2D eigenvalue weighted by molar-refractivity contribution is 0.0940. The Hall–Kier alpha value is -3.53. The summed E-state index contributed by atoms with van der Waals surface area (Å²) in [6, 6.07) is 22.9. The number of benzene rings is 3. The molecule has 38 heavy (non-hydrogen) atoms. The topological polar surface area (TPSA) is 98.8 Å². The second-order valence-electron chi connectivity index (χ2n) is 9.48. The van der Waals surface area contributed by atoms with Gasteiger partial charge in [0.25, 0.3) is 11.8 Å². The largest absolute Gasteiger partial charge is 0.350 e. The summed E-state index contributed by atoms with van der Waals surface area (Å²) in [6.07, 6.45) is 0.810. The van der Waals surface area contributed by atoms with E-state index < -0.39 is 10.0 Å². The van der Waals surface area contributed by atoms with Crippen LogP contribution in [0.1, 0.15) is 46.5 Å². The molecule has 0 radical (unpaired) electrons. The number of carbonyl (C=O) groups is 2. The Balaban J connectivity index is 1.38. The Bertz CT molecular complexity index is 1370. The zero-order valence-corrected chi connectivity index (χ0v) is 22.6. The van der Waals surface area contributed by atoms with E-state index in [0.717, 1.165) is 12.0 Å². The van der Waals surface area contributed by atoms with Crippen LogP contribution in [0.25, 0.3) is 0 Å². The lowest BCUT2D eigenvalue weighted by Gasteiger charge is -2.34. The summed E-state index contributed by atoms with van der Waals surface area (Å²) in [5.41, 5.74) is 2.32. The van der Waals surface area contributed by atoms with E-state index in [-0.39, 0.29) is 17.9 Å². The SMILES string of the molecule is CCC(C)NC(=O)c1ccccc1NC(=O)c1cccc(CN2CCN(S(=O)(=O)c3ccccc3)CC2)c1. The minimum absolute atomic E-state index is 0.0308. The Morgan fingerprint density at radius 1 is 0.868 bits per heavy atom. The maximum atomic E-state index is 13.1. The fourth-order valence-electron chi connectivity index (χ4n) is 4.33. The highest BCUT2D eigenvalue weighted by Gasteiger charge is 2.28.